The fourth-order valence-corrected chi connectivity index (χ4v) is 7.62. The van der Waals surface area contributed by atoms with Crippen molar-refractivity contribution >= 4 is 19.8 Å². The largest absolute Gasteiger partial charge is 0.472 e. The monoisotopic (exact) mass is 835 g/mol. The van der Waals surface area contributed by atoms with E-state index in [2.05, 4.69) is 32.1 Å². The molecule has 1 aliphatic carbocycles. The first-order chi connectivity index (χ1) is 27.4. The number of hydrogen-bond donors (Lipinski definition) is 6. The van der Waals surface area contributed by atoms with E-state index in [-0.39, 0.29) is 12.8 Å². The molecule has 1 rings (SSSR count). The Bertz CT molecular complexity index is 1100. The van der Waals surface area contributed by atoms with Gasteiger partial charge in [0.15, 0.2) is 6.10 Å². The lowest BCUT2D eigenvalue weighted by Gasteiger charge is -2.41. The van der Waals surface area contributed by atoms with Crippen LogP contribution in [0.2, 0.25) is 0 Å². The van der Waals surface area contributed by atoms with Crippen molar-refractivity contribution in [2.75, 3.05) is 13.2 Å². The molecular weight excluding hydrogens is 755 g/mol. The Hall–Kier alpha value is -1.67. The van der Waals surface area contributed by atoms with E-state index in [0.717, 1.165) is 38.5 Å². The van der Waals surface area contributed by atoms with E-state index in [0.29, 0.717) is 12.8 Å². The van der Waals surface area contributed by atoms with Gasteiger partial charge in [-0.1, -0.05) is 141 Å². The molecule has 0 heterocycles. The van der Waals surface area contributed by atoms with E-state index in [1.54, 1.807) is 0 Å². The second-order valence-electron chi connectivity index (χ2n) is 15.5. The fraction of sp³-hybridized carbons (Fsp3) is 0.860. The minimum atomic E-state index is -5.12. The van der Waals surface area contributed by atoms with Crippen molar-refractivity contribution in [3.8, 4) is 0 Å². The molecule has 1 aliphatic rings. The fourth-order valence-electron chi connectivity index (χ4n) is 6.65. The number of carbonyl (C=O) groups is 2. The molecule has 1 fully saturated rings. The van der Waals surface area contributed by atoms with Gasteiger partial charge in [0.2, 0.25) is 0 Å². The molecule has 14 heteroatoms. The Labute approximate surface area is 343 Å². The van der Waals surface area contributed by atoms with Crippen LogP contribution in [0.15, 0.2) is 24.3 Å². The van der Waals surface area contributed by atoms with Gasteiger partial charge < -0.3 is 39.9 Å². The standard InChI is InChI=1S/C43H79O13P/c1-3-5-7-9-11-13-15-17-18-20-21-23-25-27-29-31-36(44)53-33-35(34-54-57(51,52)56-43-41(49)39(47)38(46)40(48)42(43)50)55-37(45)32-30-28-26-24-22-19-16-14-12-10-8-6-4-2/h19,22,25,27,35,38-43,46-50H,3-18,20-21,23-24,26,28-34H2,1-2H3,(H,51,52)/b22-19+,27-25+/t35-,38?,39-,40?,41?,42?,43?/m0/s1. The summed E-state index contributed by atoms with van der Waals surface area (Å²) in [5, 5.41) is 50.0. The predicted molar refractivity (Wildman–Crippen MR) is 221 cm³/mol. The molecule has 0 spiro atoms. The molecule has 0 aromatic carbocycles. The molecule has 8 atom stereocenters. The quantitative estimate of drug-likeness (QED) is 0.0153. The Morgan fingerprint density at radius 3 is 1.40 bits per heavy atom. The third kappa shape index (κ3) is 26.9. The summed E-state index contributed by atoms with van der Waals surface area (Å²) in [6, 6.07) is 0. The zero-order chi connectivity index (χ0) is 42.2. The first kappa shape index (κ1) is 53.3. The zero-order valence-electron chi connectivity index (χ0n) is 35.1. The molecule has 334 valence electrons. The van der Waals surface area contributed by atoms with Crippen LogP contribution in [0.25, 0.3) is 0 Å². The Morgan fingerprint density at radius 1 is 0.526 bits per heavy atom. The first-order valence-corrected chi connectivity index (χ1v) is 23.6. The summed E-state index contributed by atoms with van der Waals surface area (Å²) in [4.78, 5) is 35.6. The third-order valence-electron chi connectivity index (χ3n) is 10.3. The highest BCUT2D eigenvalue weighted by Gasteiger charge is 2.51. The molecule has 0 saturated heterocycles. The number of aliphatic hydroxyl groups is 5. The molecule has 1 saturated carbocycles. The topological polar surface area (TPSA) is 210 Å². The highest BCUT2D eigenvalue weighted by Crippen LogP contribution is 2.47. The third-order valence-corrected chi connectivity index (χ3v) is 11.3. The molecular formula is C43H79O13P. The van der Waals surface area contributed by atoms with Gasteiger partial charge in [0, 0.05) is 12.8 Å². The average molecular weight is 835 g/mol. The predicted octanol–water partition coefficient (Wildman–Crippen LogP) is 8.06. The van der Waals surface area contributed by atoms with Crippen LogP contribution in [0.3, 0.4) is 0 Å². The molecule has 0 radical (unpaired) electrons. The van der Waals surface area contributed by atoms with Gasteiger partial charge in [0.25, 0.3) is 0 Å². The van der Waals surface area contributed by atoms with E-state index >= 15 is 0 Å². The highest BCUT2D eigenvalue weighted by atomic mass is 31.2. The maximum absolute atomic E-state index is 12.8. The van der Waals surface area contributed by atoms with E-state index in [1.807, 2.05) is 6.08 Å². The number of unbranched alkanes of at least 4 members (excludes halogenated alkanes) is 20. The lowest BCUT2D eigenvalue weighted by Crippen LogP contribution is -2.64. The molecule has 0 amide bonds. The summed E-state index contributed by atoms with van der Waals surface area (Å²) in [5.74, 6) is -1.17. The maximum atomic E-state index is 12.8. The van der Waals surface area contributed by atoms with E-state index in [9.17, 15) is 44.6 Å². The molecule has 0 bridgehead atoms. The van der Waals surface area contributed by atoms with Crippen LogP contribution in [-0.4, -0.2) is 98.3 Å². The Kier molecular flexibility index (Phi) is 31.9. The molecule has 13 nitrogen and oxygen atoms in total. The summed E-state index contributed by atoms with van der Waals surface area (Å²) in [6.07, 6.45) is 22.6. The number of aliphatic hydroxyl groups excluding tert-OH is 5. The van der Waals surface area contributed by atoms with Crippen molar-refractivity contribution in [1.82, 2.24) is 0 Å². The van der Waals surface area contributed by atoms with Gasteiger partial charge in [0.05, 0.1) is 6.61 Å². The smallest absolute Gasteiger partial charge is 0.462 e. The van der Waals surface area contributed by atoms with Gasteiger partial charge in [0.1, 0.15) is 43.2 Å². The minimum Gasteiger partial charge on any atom is -0.462 e. The summed E-state index contributed by atoms with van der Waals surface area (Å²) < 4.78 is 33.4. The zero-order valence-corrected chi connectivity index (χ0v) is 36.0. The van der Waals surface area contributed by atoms with E-state index in [1.165, 1.54) is 103 Å². The number of hydrogen-bond acceptors (Lipinski definition) is 12. The lowest BCUT2D eigenvalue weighted by atomic mass is 9.85. The van der Waals surface area contributed by atoms with E-state index in [4.69, 9.17) is 18.5 Å². The van der Waals surface area contributed by atoms with Crippen molar-refractivity contribution in [1.29, 1.82) is 0 Å². The first-order valence-electron chi connectivity index (χ1n) is 22.1. The van der Waals surface area contributed by atoms with Crippen LogP contribution in [0, 0.1) is 0 Å². The Morgan fingerprint density at radius 2 is 0.930 bits per heavy atom. The number of esters is 2. The molecule has 6 unspecified atom stereocenters. The highest BCUT2D eigenvalue weighted by molar-refractivity contribution is 7.47. The van der Waals surface area contributed by atoms with Crippen LogP contribution in [0.1, 0.15) is 181 Å². The van der Waals surface area contributed by atoms with Gasteiger partial charge >= 0.3 is 19.8 Å². The summed E-state index contributed by atoms with van der Waals surface area (Å²) >= 11 is 0. The lowest BCUT2D eigenvalue weighted by molar-refractivity contribution is -0.220. The van der Waals surface area contributed by atoms with Crippen molar-refractivity contribution in [2.45, 2.75) is 224 Å². The summed E-state index contributed by atoms with van der Waals surface area (Å²) in [5.41, 5.74) is 0. The normalized spacial score (nSPS) is 22.9. The maximum Gasteiger partial charge on any atom is 0.472 e. The Balaban J connectivity index is 2.51. The number of phosphoric acid groups is 1. The summed E-state index contributed by atoms with van der Waals surface area (Å²) in [7, 11) is -5.12. The molecule has 6 N–H and O–H groups in total. The van der Waals surface area contributed by atoms with Gasteiger partial charge in [-0.15, -0.1) is 0 Å². The number of allylic oxidation sites excluding steroid dienone is 4. The number of phosphoric ester groups is 1. The number of rotatable bonds is 36. The second-order valence-corrected chi connectivity index (χ2v) is 16.9. The molecule has 0 aromatic heterocycles. The second kappa shape index (κ2) is 34.1. The number of carbonyl (C=O) groups excluding carboxylic acids is 2. The van der Waals surface area contributed by atoms with Crippen molar-refractivity contribution in [2.24, 2.45) is 0 Å². The van der Waals surface area contributed by atoms with Crippen LogP contribution < -0.4 is 0 Å². The van der Waals surface area contributed by atoms with Crippen LogP contribution in [0.5, 0.6) is 0 Å². The molecule has 0 aliphatic heterocycles. The van der Waals surface area contributed by atoms with Gasteiger partial charge in [-0.25, -0.2) is 4.57 Å². The van der Waals surface area contributed by atoms with Crippen LogP contribution in [0.4, 0.5) is 0 Å². The van der Waals surface area contributed by atoms with Crippen molar-refractivity contribution in [3.63, 3.8) is 0 Å². The minimum absolute atomic E-state index is 0.0711. The van der Waals surface area contributed by atoms with Crippen LogP contribution >= 0.6 is 7.82 Å². The molecule has 57 heavy (non-hydrogen) atoms. The SMILES string of the molecule is CCCCCCCC/C=C/CCCCCC(=O)O[C@@H](COC(=O)CC/C=C/CCCCCCCCCCCCC)COP(=O)(O)OC1C(O)C(O)C(O)[C@H](O)C1O. The summed E-state index contributed by atoms with van der Waals surface area (Å²) in [6.45, 7) is 3.23. The number of ether oxygens (including phenoxy) is 2. The molecule has 0 aromatic rings. The van der Waals surface area contributed by atoms with Crippen molar-refractivity contribution < 1.29 is 63.1 Å². The van der Waals surface area contributed by atoms with Crippen molar-refractivity contribution in [3.05, 3.63) is 24.3 Å². The van der Waals surface area contributed by atoms with Gasteiger partial charge in [-0.3, -0.25) is 18.6 Å². The van der Waals surface area contributed by atoms with Crippen LogP contribution in [-0.2, 0) is 32.7 Å². The van der Waals surface area contributed by atoms with Gasteiger partial charge in [-0.2, -0.15) is 0 Å². The van der Waals surface area contributed by atoms with Gasteiger partial charge in [-0.05, 0) is 51.4 Å². The average Bonchev–Trinajstić information content (AvgIpc) is 3.19. The van der Waals surface area contributed by atoms with E-state index < -0.39 is 75.7 Å².